The van der Waals surface area contributed by atoms with E-state index in [4.69, 9.17) is 20.4 Å². The zero-order chi connectivity index (χ0) is 25.0. The van der Waals surface area contributed by atoms with Crippen LogP contribution in [0.4, 0.5) is 0 Å². The minimum atomic E-state index is -2.74. The second kappa shape index (κ2) is 13.3. The topological polar surface area (TPSA) is 156 Å². The first kappa shape index (κ1) is 27.8. The lowest BCUT2D eigenvalue weighted by atomic mass is 9.96. The molecule has 2 aromatic rings. The van der Waals surface area contributed by atoms with Gasteiger partial charge in [0.1, 0.15) is 0 Å². The van der Waals surface area contributed by atoms with Crippen molar-refractivity contribution in [1.82, 2.24) is 4.90 Å². The van der Waals surface area contributed by atoms with Crippen molar-refractivity contribution in [3.8, 4) is 11.1 Å². The molecule has 0 aromatic heterocycles. The van der Waals surface area contributed by atoms with Crippen molar-refractivity contribution in [1.29, 1.82) is 0 Å². The summed E-state index contributed by atoms with van der Waals surface area (Å²) < 4.78 is 0. The van der Waals surface area contributed by atoms with Gasteiger partial charge >= 0.3 is 17.9 Å². The molecule has 0 spiro atoms. The van der Waals surface area contributed by atoms with Crippen LogP contribution >= 0.6 is 0 Å². The molecule has 9 nitrogen and oxygen atoms in total. The molecular weight excluding hydrogens is 430 g/mol. The number of carbonyl (C=O) groups is 3. The van der Waals surface area contributed by atoms with Crippen LogP contribution in [-0.2, 0) is 20.8 Å². The van der Waals surface area contributed by atoms with Crippen molar-refractivity contribution in [2.45, 2.75) is 37.4 Å². The molecule has 2 aromatic carbocycles. The van der Waals surface area contributed by atoms with Gasteiger partial charge in [-0.25, -0.2) is 4.79 Å². The van der Waals surface area contributed by atoms with Crippen LogP contribution in [0.25, 0.3) is 11.1 Å². The molecule has 0 amide bonds. The summed E-state index contributed by atoms with van der Waals surface area (Å²) in [6.07, 6.45) is -0.861. The minimum absolute atomic E-state index is 0.270. The highest BCUT2D eigenvalue weighted by atomic mass is 16.4. The summed E-state index contributed by atoms with van der Waals surface area (Å²) in [4.78, 5) is 32.5. The number of rotatable bonds is 11. The highest BCUT2D eigenvalue weighted by molar-refractivity contribution is 5.88. The molecule has 0 aliphatic carbocycles. The molecule has 0 saturated heterocycles. The average molecular weight is 462 g/mol. The maximum atomic E-state index is 10.3. The molecule has 0 bridgehead atoms. The van der Waals surface area contributed by atoms with Crippen LogP contribution in [0.2, 0.25) is 0 Å². The Bertz CT molecular complexity index is 898. The van der Waals surface area contributed by atoms with E-state index in [1.165, 1.54) is 16.7 Å². The molecule has 9 heteroatoms. The van der Waals surface area contributed by atoms with Gasteiger partial charge in [-0.2, -0.15) is 0 Å². The van der Waals surface area contributed by atoms with Crippen LogP contribution in [0.15, 0.2) is 54.6 Å². The number of aliphatic carboxylic acids is 3. The molecule has 5 N–H and O–H groups in total. The molecule has 0 aliphatic rings. The smallest absolute Gasteiger partial charge is 0.336 e. The largest absolute Gasteiger partial charge is 0.481 e. The van der Waals surface area contributed by atoms with Gasteiger partial charge in [0.05, 0.1) is 18.9 Å². The summed E-state index contributed by atoms with van der Waals surface area (Å²) in [5.74, 6) is -5.02. The molecule has 0 radical (unpaired) electrons. The van der Waals surface area contributed by atoms with Crippen molar-refractivity contribution in [2.24, 2.45) is 0 Å². The fourth-order valence-corrected chi connectivity index (χ4v) is 3.19. The molecule has 0 heterocycles. The number of hydrogen-bond donors (Lipinski definition) is 5. The number of nitrogens with zero attached hydrogens (tertiary/aromatic N) is 1. The average Bonchev–Trinajstić information content (AvgIpc) is 2.72. The van der Waals surface area contributed by atoms with Gasteiger partial charge in [0.25, 0.3) is 0 Å². The fraction of sp³-hybridized carbons (Fsp3) is 0.375. The summed E-state index contributed by atoms with van der Waals surface area (Å²) in [5.41, 5.74) is 1.07. The Hall–Kier alpha value is -3.27. The highest BCUT2D eigenvalue weighted by Crippen LogP contribution is 2.24. The van der Waals surface area contributed by atoms with E-state index in [1.54, 1.807) is 0 Å². The van der Waals surface area contributed by atoms with Gasteiger partial charge in [-0.3, -0.25) is 9.59 Å². The first-order valence-electron chi connectivity index (χ1n) is 10.3. The van der Waals surface area contributed by atoms with Crippen molar-refractivity contribution < 1.29 is 39.9 Å². The summed E-state index contributed by atoms with van der Waals surface area (Å²) in [6, 6.07) is 18.9. The zero-order valence-electron chi connectivity index (χ0n) is 18.7. The monoisotopic (exact) mass is 461 g/mol. The van der Waals surface area contributed by atoms with E-state index in [2.05, 4.69) is 48.5 Å². The third-order valence-corrected chi connectivity index (χ3v) is 4.71. The van der Waals surface area contributed by atoms with Crippen LogP contribution in [-0.4, -0.2) is 80.7 Å². The van der Waals surface area contributed by atoms with Crippen molar-refractivity contribution in [3.63, 3.8) is 0 Å². The number of benzene rings is 2. The number of aliphatic hydroxyl groups is 2. The van der Waals surface area contributed by atoms with Crippen molar-refractivity contribution >= 4 is 17.9 Å². The molecule has 33 heavy (non-hydrogen) atoms. The molecule has 2 rings (SSSR count). The van der Waals surface area contributed by atoms with Gasteiger partial charge < -0.3 is 30.4 Å². The Morgan fingerprint density at radius 1 is 0.879 bits per heavy atom. The Kier molecular flexibility index (Phi) is 11.2. The van der Waals surface area contributed by atoms with Gasteiger partial charge in [0.2, 0.25) is 0 Å². The number of aryl methyl sites for hydroxylation is 1. The Balaban J connectivity index is 0.000000366. The van der Waals surface area contributed by atoms with Gasteiger partial charge in [-0.05, 0) is 43.6 Å². The van der Waals surface area contributed by atoms with E-state index in [-0.39, 0.29) is 6.10 Å². The number of carboxylic acids is 3. The van der Waals surface area contributed by atoms with E-state index < -0.39 is 36.4 Å². The molecule has 0 fully saturated rings. The normalized spacial score (nSPS) is 11.9. The van der Waals surface area contributed by atoms with E-state index in [9.17, 15) is 19.5 Å². The molecule has 0 aliphatic heterocycles. The zero-order valence-corrected chi connectivity index (χ0v) is 18.7. The van der Waals surface area contributed by atoms with Crippen LogP contribution in [0.5, 0.6) is 0 Å². The number of likely N-dealkylation sites (N-methyl/N-ethyl adjacent to an activating group) is 1. The van der Waals surface area contributed by atoms with Crippen LogP contribution in [0.1, 0.15) is 24.8 Å². The maximum absolute atomic E-state index is 10.3. The summed E-state index contributed by atoms with van der Waals surface area (Å²) in [5, 5.41) is 43.8. The second-order valence-electron chi connectivity index (χ2n) is 7.96. The van der Waals surface area contributed by atoms with E-state index in [0.717, 1.165) is 12.8 Å². The quantitative estimate of drug-likeness (QED) is 0.337. The SMILES string of the molecule is CN(C)CC(O)CCc1ccccc1-c1ccccc1.O=C(O)CC(O)(CC(=O)O)C(=O)O. The first-order chi connectivity index (χ1) is 15.4. The van der Waals surface area contributed by atoms with Gasteiger partial charge in [-0.1, -0.05) is 54.6 Å². The van der Waals surface area contributed by atoms with Crippen LogP contribution < -0.4 is 0 Å². The number of aliphatic hydroxyl groups excluding tert-OH is 1. The van der Waals surface area contributed by atoms with Crippen LogP contribution in [0.3, 0.4) is 0 Å². The molecule has 1 atom stereocenters. The summed E-state index contributed by atoms with van der Waals surface area (Å²) in [6.45, 7) is 0.716. The Labute approximate surface area is 192 Å². The maximum Gasteiger partial charge on any atom is 0.336 e. The molecule has 0 saturated carbocycles. The predicted octanol–water partition coefficient (Wildman–Crippen LogP) is 1.96. The lowest BCUT2D eigenvalue weighted by Gasteiger charge is -2.18. The lowest BCUT2D eigenvalue weighted by Crippen LogP contribution is -2.42. The van der Waals surface area contributed by atoms with E-state index in [0.29, 0.717) is 6.54 Å². The number of hydrogen-bond acceptors (Lipinski definition) is 6. The van der Waals surface area contributed by atoms with Crippen molar-refractivity contribution in [3.05, 3.63) is 60.2 Å². The molecular formula is C24H31NO8. The fourth-order valence-electron chi connectivity index (χ4n) is 3.19. The second-order valence-corrected chi connectivity index (χ2v) is 7.96. The minimum Gasteiger partial charge on any atom is -0.481 e. The molecule has 180 valence electrons. The van der Waals surface area contributed by atoms with Gasteiger partial charge in [0.15, 0.2) is 5.60 Å². The van der Waals surface area contributed by atoms with E-state index >= 15 is 0 Å². The predicted molar refractivity (Wildman–Crippen MR) is 122 cm³/mol. The summed E-state index contributed by atoms with van der Waals surface area (Å²) >= 11 is 0. The van der Waals surface area contributed by atoms with Gasteiger partial charge in [0, 0.05) is 6.54 Å². The number of carboxylic acid groups (broad SMARTS) is 3. The lowest BCUT2D eigenvalue weighted by molar-refractivity contribution is -0.170. The Morgan fingerprint density at radius 3 is 1.88 bits per heavy atom. The standard InChI is InChI=1S/C18H23NO.C6H8O7/c1-19(2)14-17(20)13-12-16-10-6-7-11-18(16)15-8-4-3-5-9-15;7-3(8)1-6(13,5(11)12)2-4(9)10/h3-11,17,20H,12-14H2,1-2H3;13H,1-2H2,(H,7,8)(H,9,10)(H,11,12). The van der Waals surface area contributed by atoms with Crippen LogP contribution in [0, 0.1) is 0 Å². The van der Waals surface area contributed by atoms with E-state index in [1.807, 2.05) is 25.1 Å². The van der Waals surface area contributed by atoms with Gasteiger partial charge in [-0.15, -0.1) is 0 Å². The first-order valence-corrected chi connectivity index (χ1v) is 10.3. The Morgan fingerprint density at radius 2 is 1.39 bits per heavy atom. The molecule has 1 unspecified atom stereocenters. The van der Waals surface area contributed by atoms with Crippen molar-refractivity contribution in [2.75, 3.05) is 20.6 Å². The highest BCUT2D eigenvalue weighted by Gasteiger charge is 2.40. The summed E-state index contributed by atoms with van der Waals surface area (Å²) in [7, 11) is 3.97. The third-order valence-electron chi connectivity index (χ3n) is 4.71. The third kappa shape index (κ3) is 10.3.